The lowest BCUT2D eigenvalue weighted by atomic mass is 10.1. The summed E-state index contributed by atoms with van der Waals surface area (Å²) in [7, 11) is 0. The van der Waals surface area contributed by atoms with Crippen molar-refractivity contribution < 1.29 is 9.90 Å². The number of pyridine rings is 1. The number of nitrogens with one attached hydrogen (secondary N) is 3. The van der Waals surface area contributed by atoms with Gasteiger partial charge in [0.15, 0.2) is 0 Å². The number of H-pyrrole nitrogens is 1. The number of aromatic amines is 1. The average molecular weight is 557 g/mol. The molecule has 210 valence electrons. The maximum absolute atomic E-state index is 12.8. The van der Waals surface area contributed by atoms with E-state index >= 15 is 0 Å². The second-order valence-corrected chi connectivity index (χ2v) is 10.8. The fourth-order valence-electron chi connectivity index (χ4n) is 5.62. The highest BCUT2D eigenvalue weighted by Crippen LogP contribution is 2.26. The minimum Gasteiger partial charge on any atom is -0.393 e. The number of hydrogen-bond donors (Lipinski definition) is 4. The van der Waals surface area contributed by atoms with E-state index in [0.29, 0.717) is 11.3 Å². The summed E-state index contributed by atoms with van der Waals surface area (Å²) in [4.78, 5) is 22.6. The molecule has 6 aromatic rings. The first-order valence-electron chi connectivity index (χ1n) is 14.3. The number of benzene rings is 3. The minimum absolute atomic E-state index is 0.159. The third-order valence-corrected chi connectivity index (χ3v) is 8.02. The van der Waals surface area contributed by atoms with Crippen LogP contribution in [0.3, 0.4) is 0 Å². The van der Waals surface area contributed by atoms with Gasteiger partial charge in [0.2, 0.25) is 0 Å². The van der Waals surface area contributed by atoms with E-state index in [2.05, 4.69) is 84.8 Å². The van der Waals surface area contributed by atoms with E-state index in [-0.39, 0.29) is 12.0 Å². The van der Waals surface area contributed by atoms with Gasteiger partial charge in [-0.15, -0.1) is 0 Å². The molecule has 1 aliphatic rings. The van der Waals surface area contributed by atoms with Crippen molar-refractivity contribution in [3.8, 4) is 5.69 Å². The fourth-order valence-corrected chi connectivity index (χ4v) is 5.62. The molecule has 0 unspecified atom stereocenters. The topological polar surface area (TPSA) is 98.2 Å². The van der Waals surface area contributed by atoms with Gasteiger partial charge < -0.3 is 30.2 Å². The summed E-state index contributed by atoms with van der Waals surface area (Å²) in [5, 5.41) is 18.3. The van der Waals surface area contributed by atoms with Gasteiger partial charge in [0, 0.05) is 65.4 Å². The summed E-state index contributed by atoms with van der Waals surface area (Å²) in [6.45, 7) is 2.55. The predicted molar refractivity (Wildman–Crippen MR) is 169 cm³/mol. The van der Waals surface area contributed by atoms with Crippen LogP contribution in [0.4, 0.5) is 17.1 Å². The Hall–Kier alpha value is -5.08. The highest BCUT2D eigenvalue weighted by atomic mass is 16.3. The number of aliphatic hydroxyl groups is 1. The molecule has 0 spiro atoms. The van der Waals surface area contributed by atoms with Crippen LogP contribution in [0, 0.1) is 0 Å². The molecule has 7 rings (SSSR count). The molecule has 1 amide bonds. The summed E-state index contributed by atoms with van der Waals surface area (Å²) >= 11 is 0. The van der Waals surface area contributed by atoms with E-state index < -0.39 is 0 Å². The van der Waals surface area contributed by atoms with Gasteiger partial charge in [-0.05, 0) is 91.2 Å². The zero-order chi connectivity index (χ0) is 28.5. The van der Waals surface area contributed by atoms with E-state index in [9.17, 15) is 9.90 Å². The van der Waals surface area contributed by atoms with Gasteiger partial charge in [-0.1, -0.05) is 12.1 Å². The Morgan fingerprint density at radius 1 is 0.881 bits per heavy atom. The molecule has 0 atom stereocenters. The summed E-state index contributed by atoms with van der Waals surface area (Å²) in [5.41, 5.74) is 7.62. The third-order valence-electron chi connectivity index (χ3n) is 8.02. The molecule has 4 N–H and O–H groups in total. The normalized spacial score (nSPS) is 14.0. The molecule has 3 aromatic heterocycles. The zero-order valence-corrected chi connectivity index (χ0v) is 23.1. The summed E-state index contributed by atoms with van der Waals surface area (Å²) < 4.78 is 2.13. The molecule has 1 aliphatic heterocycles. The number of piperidine rings is 1. The summed E-state index contributed by atoms with van der Waals surface area (Å²) in [6, 6.07) is 28.6. The number of carbonyl (C=O) groups excluding carboxylic acids is 1. The highest BCUT2D eigenvalue weighted by Gasteiger charge is 2.17. The van der Waals surface area contributed by atoms with Crippen LogP contribution in [0.1, 0.15) is 28.8 Å². The number of carbonyl (C=O) groups is 1. The van der Waals surface area contributed by atoms with Gasteiger partial charge in [0.1, 0.15) is 5.65 Å². The second-order valence-electron chi connectivity index (χ2n) is 10.8. The lowest BCUT2D eigenvalue weighted by Gasteiger charge is -2.31. The Kier molecular flexibility index (Phi) is 6.81. The van der Waals surface area contributed by atoms with Crippen LogP contribution >= 0.6 is 0 Å². The van der Waals surface area contributed by atoms with Crippen molar-refractivity contribution in [1.82, 2.24) is 14.5 Å². The number of aliphatic hydroxyl groups excluding tert-OH is 1. The maximum Gasteiger partial charge on any atom is 0.255 e. The van der Waals surface area contributed by atoms with Crippen LogP contribution in [0.15, 0.2) is 104 Å². The first-order chi connectivity index (χ1) is 20.6. The fraction of sp³-hybridized carbons (Fsp3) is 0.176. The molecular formula is C34H32N6O2. The standard InChI is InChI=1S/C34H32N6O2/c41-31-13-16-39(17-14-31)29-6-1-23(2-7-29)21-36-27-5-10-32-25(19-27)12-18-40(32)30-8-3-24(4-9-30)34(42)38-28-20-26-11-15-35-33(26)37-22-28/h1-12,15,18-20,22,31,36,41H,13-14,16-17,21H2,(H,35,37)(H,38,42). The van der Waals surface area contributed by atoms with Crippen LogP contribution in [0.2, 0.25) is 0 Å². The lowest BCUT2D eigenvalue weighted by molar-refractivity contribution is 0.102. The highest BCUT2D eigenvalue weighted by molar-refractivity contribution is 6.05. The number of hydrogen-bond acceptors (Lipinski definition) is 5. The van der Waals surface area contributed by atoms with Crippen molar-refractivity contribution in [2.24, 2.45) is 0 Å². The van der Waals surface area contributed by atoms with Crippen molar-refractivity contribution in [1.29, 1.82) is 0 Å². The first-order valence-corrected chi connectivity index (χ1v) is 14.3. The Morgan fingerprint density at radius 2 is 1.64 bits per heavy atom. The molecule has 8 heteroatoms. The number of nitrogens with zero attached hydrogens (tertiary/aromatic N) is 3. The average Bonchev–Trinajstić information content (AvgIpc) is 3.67. The molecule has 0 bridgehead atoms. The maximum atomic E-state index is 12.8. The number of rotatable bonds is 7. The Balaban J connectivity index is 0.991. The molecule has 42 heavy (non-hydrogen) atoms. The van der Waals surface area contributed by atoms with Crippen molar-refractivity contribution >= 4 is 44.9 Å². The molecule has 8 nitrogen and oxygen atoms in total. The van der Waals surface area contributed by atoms with Crippen LogP contribution in [-0.2, 0) is 6.54 Å². The minimum atomic E-state index is -0.174. The SMILES string of the molecule is O=C(Nc1cnc2[nH]ccc2c1)c1ccc(-n2ccc3cc(NCc4ccc(N5CCC(O)CC5)cc4)ccc32)cc1. The molecule has 1 saturated heterocycles. The van der Waals surface area contributed by atoms with Gasteiger partial charge in [0.05, 0.1) is 23.5 Å². The van der Waals surface area contributed by atoms with E-state index in [4.69, 9.17) is 0 Å². The van der Waals surface area contributed by atoms with Crippen LogP contribution in [0.25, 0.3) is 27.6 Å². The molecule has 3 aromatic carbocycles. The summed E-state index contributed by atoms with van der Waals surface area (Å²) in [5.74, 6) is -0.174. The van der Waals surface area contributed by atoms with E-state index in [0.717, 1.165) is 65.8 Å². The van der Waals surface area contributed by atoms with Crippen molar-refractivity contribution in [2.75, 3.05) is 28.6 Å². The molecule has 1 fully saturated rings. The van der Waals surface area contributed by atoms with Crippen molar-refractivity contribution in [2.45, 2.75) is 25.5 Å². The second kappa shape index (κ2) is 11.1. The van der Waals surface area contributed by atoms with E-state index in [1.54, 1.807) is 6.20 Å². The van der Waals surface area contributed by atoms with Gasteiger partial charge >= 0.3 is 0 Å². The van der Waals surface area contributed by atoms with Crippen molar-refractivity contribution in [3.05, 3.63) is 115 Å². The number of aromatic nitrogens is 3. The van der Waals surface area contributed by atoms with E-state index in [1.807, 2.05) is 42.6 Å². The van der Waals surface area contributed by atoms with Gasteiger partial charge in [-0.25, -0.2) is 4.98 Å². The largest absolute Gasteiger partial charge is 0.393 e. The Bertz CT molecular complexity index is 1850. The number of fused-ring (bicyclic) bond motifs is 2. The molecule has 0 saturated carbocycles. The van der Waals surface area contributed by atoms with Crippen LogP contribution < -0.4 is 15.5 Å². The zero-order valence-electron chi connectivity index (χ0n) is 23.1. The monoisotopic (exact) mass is 556 g/mol. The quantitative estimate of drug-likeness (QED) is 0.184. The van der Waals surface area contributed by atoms with Gasteiger partial charge in [0.25, 0.3) is 5.91 Å². The van der Waals surface area contributed by atoms with E-state index in [1.165, 1.54) is 11.3 Å². The smallest absolute Gasteiger partial charge is 0.255 e. The Labute approximate surface area is 243 Å². The molecular weight excluding hydrogens is 524 g/mol. The van der Waals surface area contributed by atoms with Crippen molar-refractivity contribution in [3.63, 3.8) is 0 Å². The molecule has 4 heterocycles. The van der Waals surface area contributed by atoms with Crippen LogP contribution in [-0.4, -0.2) is 44.7 Å². The predicted octanol–water partition coefficient (Wildman–Crippen LogP) is 6.33. The first kappa shape index (κ1) is 25.9. The number of anilines is 3. The number of amides is 1. The summed E-state index contributed by atoms with van der Waals surface area (Å²) in [6.07, 6.45) is 7.04. The third kappa shape index (κ3) is 5.32. The lowest BCUT2D eigenvalue weighted by Crippen LogP contribution is -2.35. The Morgan fingerprint density at radius 3 is 2.45 bits per heavy atom. The van der Waals surface area contributed by atoms with Gasteiger partial charge in [-0.3, -0.25) is 4.79 Å². The van der Waals surface area contributed by atoms with Gasteiger partial charge in [-0.2, -0.15) is 0 Å². The molecule has 0 aliphatic carbocycles. The molecule has 0 radical (unpaired) electrons. The van der Waals surface area contributed by atoms with Crippen LogP contribution in [0.5, 0.6) is 0 Å².